The third-order valence-electron chi connectivity index (χ3n) is 3.56. The Kier molecular flexibility index (Phi) is 2.00. The van der Waals surface area contributed by atoms with Crippen LogP contribution < -0.4 is 5.43 Å². The first-order chi connectivity index (χ1) is 9.31. The Morgan fingerprint density at radius 1 is 0.789 bits per heavy atom. The van der Waals surface area contributed by atoms with E-state index in [1.165, 1.54) is 10.8 Å². The Hall–Kier alpha value is -2.61. The highest BCUT2D eigenvalue weighted by Crippen LogP contribution is 2.25. The Bertz CT molecular complexity index is 982. The molecule has 0 aliphatic carbocycles. The van der Waals surface area contributed by atoms with Crippen LogP contribution in [0.2, 0.25) is 0 Å². The van der Waals surface area contributed by atoms with Gasteiger partial charge in [-0.25, -0.2) is 0 Å². The summed E-state index contributed by atoms with van der Waals surface area (Å²) in [5, 5.41) is 4.49. The van der Waals surface area contributed by atoms with Gasteiger partial charge < -0.3 is 4.40 Å². The summed E-state index contributed by atoms with van der Waals surface area (Å²) in [4.78, 5) is 11.4. The normalized spacial score (nSPS) is 11.4. The van der Waals surface area contributed by atoms with Crippen LogP contribution in [0.15, 0.2) is 71.8 Å². The number of benzene rings is 2. The molecule has 0 saturated carbocycles. The van der Waals surface area contributed by atoms with Crippen molar-refractivity contribution in [3.05, 3.63) is 77.2 Å². The van der Waals surface area contributed by atoms with Crippen molar-refractivity contribution in [3.8, 4) is 0 Å². The Labute approximate surface area is 109 Å². The summed E-state index contributed by atoms with van der Waals surface area (Å²) in [6.45, 7) is 0. The molecule has 0 fully saturated rings. The fraction of sp³-hybridized carbons (Fsp3) is 0. The lowest BCUT2D eigenvalue weighted by atomic mass is 10.0. The maximum absolute atomic E-state index is 11.4. The Balaban J connectivity index is 2.25. The predicted molar refractivity (Wildman–Crippen MR) is 78.7 cm³/mol. The molecule has 2 aromatic carbocycles. The van der Waals surface area contributed by atoms with Crippen LogP contribution >= 0.6 is 0 Å². The number of nitrogens with zero attached hydrogens (tertiary/aromatic N) is 1. The highest BCUT2D eigenvalue weighted by atomic mass is 16.1. The van der Waals surface area contributed by atoms with Crippen LogP contribution in [0.5, 0.6) is 0 Å². The van der Waals surface area contributed by atoms with Crippen molar-refractivity contribution in [2.75, 3.05) is 0 Å². The van der Waals surface area contributed by atoms with E-state index >= 15 is 0 Å². The van der Waals surface area contributed by atoms with Crippen LogP contribution in [0.25, 0.3) is 27.1 Å². The lowest BCUT2D eigenvalue weighted by molar-refractivity contribution is 1.18. The first kappa shape index (κ1) is 10.3. The van der Waals surface area contributed by atoms with Crippen LogP contribution in [0.1, 0.15) is 0 Å². The zero-order chi connectivity index (χ0) is 12.8. The fourth-order valence-electron chi connectivity index (χ4n) is 2.63. The minimum absolute atomic E-state index is 0.0574. The summed E-state index contributed by atoms with van der Waals surface area (Å²) >= 11 is 0. The second-order valence-electron chi connectivity index (χ2n) is 4.76. The largest absolute Gasteiger partial charge is 0.323 e. The van der Waals surface area contributed by atoms with Crippen molar-refractivity contribution in [1.82, 2.24) is 4.40 Å². The van der Waals surface area contributed by atoms with Gasteiger partial charge in [-0.2, -0.15) is 0 Å². The van der Waals surface area contributed by atoms with E-state index in [-0.39, 0.29) is 5.43 Å². The summed E-state index contributed by atoms with van der Waals surface area (Å²) in [5.41, 5.74) is 1.20. The lowest BCUT2D eigenvalue weighted by Crippen LogP contribution is -1.95. The van der Waals surface area contributed by atoms with Gasteiger partial charge >= 0.3 is 0 Å². The van der Waals surface area contributed by atoms with Gasteiger partial charge in [0.2, 0.25) is 0 Å². The van der Waals surface area contributed by atoms with Gasteiger partial charge in [-0.15, -0.1) is 0 Å². The van der Waals surface area contributed by atoms with Gasteiger partial charge in [-0.3, -0.25) is 4.79 Å². The molecule has 2 heterocycles. The molecule has 0 amide bonds. The monoisotopic (exact) mass is 245 g/mol. The second-order valence-corrected chi connectivity index (χ2v) is 4.76. The molecule has 4 aromatic rings. The number of rotatable bonds is 0. The maximum atomic E-state index is 11.4. The molecule has 0 atom stereocenters. The van der Waals surface area contributed by atoms with Gasteiger partial charge in [-0.05, 0) is 57.9 Å². The van der Waals surface area contributed by atoms with Crippen molar-refractivity contribution < 1.29 is 0 Å². The molecule has 0 spiro atoms. The molecule has 2 heteroatoms. The van der Waals surface area contributed by atoms with Crippen LogP contribution in [-0.4, -0.2) is 4.40 Å². The number of fused-ring (bicyclic) bond motifs is 4. The molecular formula is C17H11NO. The zero-order valence-electron chi connectivity index (χ0n) is 10.2. The summed E-state index contributed by atoms with van der Waals surface area (Å²) in [6.07, 6.45) is 4.16. The molecule has 0 N–H and O–H groups in total. The molecule has 0 bridgehead atoms. The molecule has 0 saturated heterocycles. The van der Waals surface area contributed by atoms with E-state index in [2.05, 4.69) is 28.8 Å². The highest BCUT2D eigenvalue weighted by molar-refractivity contribution is 6.08. The fourth-order valence-corrected chi connectivity index (χ4v) is 2.63. The average molecular weight is 245 g/mol. The summed E-state index contributed by atoms with van der Waals surface area (Å²) in [6, 6.07) is 17.6. The third-order valence-corrected chi connectivity index (χ3v) is 3.56. The number of hydrogen-bond donors (Lipinski definition) is 0. The smallest absolute Gasteiger partial charge is 0.179 e. The van der Waals surface area contributed by atoms with Crippen molar-refractivity contribution in [2.45, 2.75) is 0 Å². The van der Waals surface area contributed by atoms with Crippen LogP contribution in [0.4, 0.5) is 0 Å². The van der Waals surface area contributed by atoms with E-state index in [0.29, 0.717) is 0 Å². The van der Waals surface area contributed by atoms with Gasteiger partial charge in [0.05, 0.1) is 0 Å². The Morgan fingerprint density at radius 2 is 1.68 bits per heavy atom. The molecule has 2 nitrogen and oxygen atoms in total. The summed E-state index contributed by atoms with van der Waals surface area (Å²) in [5.74, 6) is 0. The first-order valence-corrected chi connectivity index (χ1v) is 6.25. The van der Waals surface area contributed by atoms with E-state index < -0.39 is 0 Å². The van der Waals surface area contributed by atoms with Crippen molar-refractivity contribution >= 4 is 27.1 Å². The average Bonchev–Trinajstić information content (AvgIpc) is 2.44. The summed E-state index contributed by atoms with van der Waals surface area (Å²) < 4.78 is 2.11. The molecule has 19 heavy (non-hydrogen) atoms. The standard InChI is InChI=1S/C17H11NO/c19-15-6-7-16-12(9-15)4-5-13-11-18-8-2-1-3-14(18)10-17(13)16/h1-11H. The van der Waals surface area contributed by atoms with Crippen LogP contribution in [-0.2, 0) is 0 Å². The SMILES string of the molecule is O=c1ccc2c(ccc3cn4ccccc4cc32)c1. The minimum atomic E-state index is 0.0574. The summed E-state index contributed by atoms with van der Waals surface area (Å²) in [7, 11) is 0. The quantitative estimate of drug-likeness (QED) is 0.342. The molecule has 90 valence electrons. The molecule has 0 unspecified atom stereocenters. The number of pyridine rings is 2. The first-order valence-electron chi connectivity index (χ1n) is 6.25. The molecule has 2 aromatic heterocycles. The molecule has 0 aliphatic rings. The van der Waals surface area contributed by atoms with Gasteiger partial charge in [0.25, 0.3) is 0 Å². The van der Waals surface area contributed by atoms with Gasteiger partial charge in [-0.1, -0.05) is 18.2 Å². The van der Waals surface area contributed by atoms with Crippen molar-refractivity contribution in [3.63, 3.8) is 0 Å². The zero-order valence-corrected chi connectivity index (χ0v) is 10.2. The lowest BCUT2D eigenvalue weighted by Gasteiger charge is -2.07. The third kappa shape index (κ3) is 1.54. The highest BCUT2D eigenvalue weighted by Gasteiger charge is 2.02. The topological polar surface area (TPSA) is 21.5 Å². The van der Waals surface area contributed by atoms with Gasteiger partial charge in [0.1, 0.15) is 0 Å². The minimum Gasteiger partial charge on any atom is -0.323 e. The molecular weight excluding hydrogens is 234 g/mol. The molecule has 0 aliphatic heterocycles. The van der Waals surface area contributed by atoms with E-state index in [0.717, 1.165) is 16.3 Å². The van der Waals surface area contributed by atoms with E-state index in [4.69, 9.17) is 0 Å². The van der Waals surface area contributed by atoms with Crippen molar-refractivity contribution in [2.24, 2.45) is 0 Å². The maximum Gasteiger partial charge on any atom is 0.179 e. The number of aromatic nitrogens is 1. The van der Waals surface area contributed by atoms with E-state index in [9.17, 15) is 4.79 Å². The van der Waals surface area contributed by atoms with E-state index in [1.54, 1.807) is 12.1 Å². The van der Waals surface area contributed by atoms with E-state index in [1.807, 2.05) is 30.5 Å². The van der Waals surface area contributed by atoms with Crippen LogP contribution in [0, 0.1) is 0 Å². The molecule has 0 radical (unpaired) electrons. The predicted octanol–water partition coefficient (Wildman–Crippen LogP) is 3.61. The number of hydrogen-bond acceptors (Lipinski definition) is 1. The Morgan fingerprint density at radius 3 is 2.63 bits per heavy atom. The van der Waals surface area contributed by atoms with Gasteiger partial charge in [0.15, 0.2) is 5.43 Å². The van der Waals surface area contributed by atoms with Crippen LogP contribution in [0.3, 0.4) is 0 Å². The second kappa shape index (κ2) is 3.69. The molecule has 4 rings (SSSR count). The van der Waals surface area contributed by atoms with Gasteiger partial charge in [0, 0.05) is 17.9 Å². The van der Waals surface area contributed by atoms with Crippen molar-refractivity contribution in [1.29, 1.82) is 0 Å².